The molecule has 0 aliphatic carbocycles. The summed E-state index contributed by atoms with van der Waals surface area (Å²) in [5.41, 5.74) is 2.32. The van der Waals surface area contributed by atoms with Crippen LogP contribution in [0.5, 0.6) is 0 Å². The van der Waals surface area contributed by atoms with Crippen LogP contribution in [0.1, 0.15) is 35.1 Å². The normalized spacial score (nSPS) is 27.3. The summed E-state index contributed by atoms with van der Waals surface area (Å²) in [4.78, 5) is 53.4. The highest BCUT2D eigenvalue weighted by Gasteiger charge is 2.70. The van der Waals surface area contributed by atoms with Gasteiger partial charge < -0.3 is 10.4 Å². The molecule has 3 aliphatic heterocycles. The number of carboxylic acids is 1. The predicted molar refractivity (Wildman–Crippen MR) is 124 cm³/mol. The molecule has 2 aromatic carbocycles. The van der Waals surface area contributed by atoms with Gasteiger partial charge in [0.2, 0.25) is 17.7 Å². The fourth-order valence-corrected chi connectivity index (χ4v) is 5.85. The number of fused-ring (bicyclic) bond motifs is 4. The van der Waals surface area contributed by atoms with Crippen LogP contribution in [0, 0.1) is 25.7 Å². The number of anilines is 1. The molecule has 0 aromatic heterocycles. The van der Waals surface area contributed by atoms with Gasteiger partial charge in [-0.15, -0.1) is 0 Å². The minimum atomic E-state index is -1.44. The standard InChI is InChI=1S/C25H24ClN3O5/c1-12-7-8-15-21(13(12)2)27-24(34)25(15)20-19(17(28-25)9-10-18(30)31)22(32)29(23(20)33)11-14-5-3-4-6-16(14)26/h3-8,17,19-20,28H,9-11H2,1-2H3,(H,27,34)(H,30,31)/t17?,19-,20+,25?/m1/s1. The molecule has 9 heteroatoms. The number of halogens is 1. The van der Waals surface area contributed by atoms with Crippen molar-refractivity contribution in [3.05, 3.63) is 63.7 Å². The van der Waals surface area contributed by atoms with Crippen molar-refractivity contribution in [3.8, 4) is 0 Å². The number of amides is 3. The summed E-state index contributed by atoms with van der Waals surface area (Å²) in [6.45, 7) is 3.82. The van der Waals surface area contributed by atoms with Gasteiger partial charge in [0.05, 0.1) is 18.4 Å². The van der Waals surface area contributed by atoms with E-state index in [9.17, 15) is 24.3 Å². The third-order valence-electron chi connectivity index (χ3n) is 7.47. The highest BCUT2D eigenvalue weighted by atomic mass is 35.5. The van der Waals surface area contributed by atoms with E-state index in [0.717, 1.165) is 11.1 Å². The molecule has 5 rings (SSSR count). The lowest BCUT2D eigenvalue weighted by molar-refractivity contribution is -0.144. The van der Waals surface area contributed by atoms with E-state index in [2.05, 4.69) is 10.6 Å². The van der Waals surface area contributed by atoms with Crippen LogP contribution in [0.3, 0.4) is 0 Å². The number of carbonyl (C=O) groups excluding carboxylic acids is 3. The minimum Gasteiger partial charge on any atom is -0.481 e. The number of aryl methyl sites for hydroxylation is 1. The number of carbonyl (C=O) groups is 4. The Hall–Kier alpha value is -3.23. The van der Waals surface area contributed by atoms with Gasteiger partial charge in [-0.1, -0.05) is 41.9 Å². The first kappa shape index (κ1) is 22.6. The van der Waals surface area contributed by atoms with E-state index in [-0.39, 0.29) is 19.4 Å². The minimum absolute atomic E-state index is 0.00648. The number of likely N-dealkylation sites (tertiary alicyclic amines) is 1. The lowest BCUT2D eigenvalue weighted by atomic mass is 9.76. The van der Waals surface area contributed by atoms with Crippen molar-refractivity contribution < 1.29 is 24.3 Å². The third kappa shape index (κ3) is 3.09. The second kappa shape index (κ2) is 7.92. The zero-order valence-corrected chi connectivity index (χ0v) is 19.5. The van der Waals surface area contributed by atoms with Crippen LogP contribution in [0.15, 0.2) is 36.4 Å². The Morgan fingerprint density at radius 3 is 2.56 bits per heavy atom. The maximum absolute atomic E-state index is 13.8. The number of imide groups is 1. The summed E-state index contributed by atoms with van der Waals surface area (Å²) in [6, 6.07) is 10.0. The molecule has 1 spiro atoms. The lowest BCUT2D eigenvalue weighted by Crippen LogP contribution is -2.53. The number of hydrogen-bond acceptors (Lipinski definition) is 5. The van der Waals surface area contributed by atoms with Gasteiger partial charge in [-0.25, -0.2) is 0 Å². The smallest absolute Gasteiger partial charge is 0.303 e. The number of aliphatic carboxylic acids is 1. The Balaban J connectivity index is 1.61. The Morgan fingerprint density at radius 1 is 1.12 bits per heavy atom. The molecular formula is C25H24ClN3O5. The second-order valence-electron chi connectivity index (χ2n) is 9.23. The first-order chi connectivity index (χ1) is 16.2. The van der Waals surface area contributed by atoms with E-state index in [1.807, 2.05) is 26.0 Å². The van der Waals surface area contributed by atoms with Crippen LogP contribution in [-0.4, -0.2) is 39.7 Å². The van der Waals surface area contributed by atoms with Gasteiger partial charge >= 0.3 is 5.97 Å². The number of nitrogens with zero attached hydrogens (tertiary/aromatic N) is 1. The Bertz CT molecular complexity index is 1260. The monoisotopic (exact) mass is 481 g/mol. The van der Waals surface area contributed by atoms with Crippen LogP contribution >= 0.6 is 11.6 Å². The molecular weight excluding hydrogens is 458 g/mol. The molecule has 2 saturated heterocycles. The van der Waals surface area contributed by atoms with Gasteiger partial charge in [-0.05, 0) is 43.0 Å². The molecule has 0 bridgehead atoms. The van der Waals surface area contributed by atoms with Crippen molar-refractivity contribution in [2.75, 3.05) is 5.32 Å². The zero-order valence-electron chi connectivity index (χ0n) is 18.7. The quantitative estimate of drug-likeness (QED) is 0.565. The summed E-state index contributed by atoms with van der Waals surface area (Å²) in [5.74, 6) is -4.12. The topological polar surface area (TPSA) is 116 Å². The molecule has 3 heterocycles. The molecule has 2 fully saturated rings. The van der Waals surface area contributed by atoms with Gasteiger partial charge in [0.15, 0.2) is 0 Å². The van der Waals surface area contributed by atoms with Gasteiger partial charge in [-0.3, -0.25) is 29.4 Å². The summed E-state index contributed by atoms with van der Waals surface area (Å²) in [6.07, 6.45) is -0.0744. The van der Waals surface area contributed by atoms with Crippen molar-refractivity contribution in [1.29, 1.82) is 0 Å². The van der Waals surface area contributed by atoms with Crippen LogP contribution in [0.4, 0.5) is 5.69 Å². The molecule has 0 radical (unpaired) electrons. The molecule has 3 N–H and O–H groups in total. The molecule has 8 nitrogen and oxygen atoms in total. The van der Waals surface area contributed by atoms with Gasteiger partial charge in [-0.2, -0.15) is 0 Å². The number of benzene rings is 2. The maximum Gasteiger partial charge on any atom is 0.303 e. The highest BCUT2D eigenvalue weighted by molar-refractivity contribution is 6.31. The number of hydrogen-bond donors (Lipinski definition) is 3. The van der Waals surface area contributed by atoms with Crippen molar-refractivity contribution >= 4 is 41.0 Å². The van der Waals surface area contributed by atoms with Gasteiger partial charge in [0, 0.05) is 28.7 Å². The molecule has 2 unspecified atom stereocenters. The Kier molecular flexibility index (Phi) is 5.26. The summed E-state index contributed by atoms with van der Waals surface area (Å²) < 4.78 is 0. The van der Waals surface area contributed by atoms with Gasteiger partial charge in [0.1, 0.15) is 5.54 Å². The average molecular weight is 482 g/mol. The van der Waals surface area contributed by atoms with E-state index >= 15 is 0 Å². The average Bonchev–Trinajstić information content (AvgIpc) is 3.37. The van der Waals surface area contributed by atoms with Crippen LogP contribution in [0.25, 0.3) is 0 Å². The van der Waals surface area contributed by atoms with E-state index in [0.29, 0.717) is 21.8 Å². The van der Waals surface area contributed by atoms with E-state index in [1.54, 1.807) is 24.3 Å². The van der Waals surface area contributed by atoms with Gasteiger partial charge in [0.25, 0.3) is 0 Å². The third-order valence-corrected chi connectivity index (χ3v) is 7.84. The zero-order chi connectivity index (χ0) is 24.4. The van der Waals surface area contributed by atoms with E-state index in [1.165, 1.54) is 4.90 Å². The first-order valence-electron chi connectivity index (χ1n) is 11.2. The van der Waals surface area contributed by atoms with Crippen LogP contribution < -0.4 is 10.6 Å². The van der Waals surface area contributed by atoms with E-state index < -0.39 is 47.1 Å². The van der Waals surface area contributed by atoms with Crippen LogP contribution in [0.2, 0.25) is 5.02 Å². The summed E-state index contributed by atoms with van der Waals surface area (Å²) in [7, 11) is 0. The number of nitrogens with one attached hydrogen (secondary N) is 2. The summed E-state index contributed by atoms with van der Waals surface area (Å²) >= 11 is 6.28. The van der Waals surface area contributed by atoms with Crippen molar-refractivity contribution in [1.82, 2.24) is 10.2 Å². The van der Waals surface area contributed by atoms with E-state index in [4.69, 9.17) is 11.6 Å². The maximum atomic E-state index is 13.8. The summed E-state index contributed by atoms with van der Waals surface area (Å²) in [5, 5.41) is 15.9. The molecule has 3 aliphatic rings. The van der Waals surface area contributed by atoms with Crippen LogP contribution in [-0.2, 0) is 31.3 Å². The molecule has 176 valence electrons. The van der Waals surface area contributed by atoms with Crippen molar-refractivity contribution in [2.45, 2.75) is 44.8 Å². The first-order valence-corrected chi connectivity index (χ1v) is 11.5. The molecule has 0 saturated carbocycles. The molecule has 2 aromatic rings. The molecule has 4 atom stereocenters. The SMILES string of the molecule is Cc1ccc2c(c1C)NC(=O)C21NC(CCC(=O)O)[C@H]2C(=O)N(Cc3ccccc3Cl)C(=O)[C@H]21. The fraction of sp³-hybridized carbons (Fsp3) is 0.360. The van der Waals surface area contributed by atoms with Crippen molar-refractivity contribution in [3.63, 3.8) is 0 Å². The Labute approximate surface area is 201 Å². The largest absolute Gasteiger partial charge is 0.481 e. The highest BCUT2D eigenvalue weighted by Crippen LogP contribution is 2.54. The predicted octanol–water partition coefficient (Wildman–Crippen LogP) is 2.74. The lowest BCUT2D eigenvalue weighted by Gasteiger charge is -2.29. The van der Waals surface area contributed by atoms with Crippen molar-refractivity contribution in [2.24, 2.45) is 11.8 Å². The molecule has 34 heavy (non-hydrogen) atoms. The molecule has 3 amide bonds. The Morgan fingerprint density at radius 2 is 1.85 bits per heavy atom. The number of rotatable bonds is 5. The number of carboxylic acid groups (broad SMARTS) is 1. The second-order valence-corrected chi connectivity index (χ2v) is 9.64. The fourth-order valence-electron chi connectivity index (χ4n) is 5.66.